The van der Waals surface area contributed by atoms with Gasteiger partial charge in [-0.15, -0.1) is 0 Å². The fraction of sp³-hybridized carbons (Fsp3) is 0. The quantitative estimate of drug-likeness (QED) is 0.0828. The van der Waals surface area contributed by atoms with Crippen LogP contribution in [0.15, 0.2) is 152 Å². The van der Waals surface area contributed by atoms with E-state index in [9.17, 15) is 0 Å². The third kappa shape index (κ3) is 3.60. The van der Waals surface area contributed by atoms with Gasteiger partial charge < -0.3 is 0 Å². The first-order valence-electron chi connectivity index (χ1n) is 14.5. The molecule has 0 amide bonds. The molecule has 0 atom stereocenters. The standard InChI is InChI=1S/C39H25N2PSe/c43-42(28-15-3-1-4-16-28,29-17-5-2-6-18-29)37-25-33-32-23-26-13-7-8-14-27(26)24-36(32)41-35-22-12-11-21-34(35)40-39(41)38(33)31-20-10-9-19-30(31)37/h1-25H. The van der Waals surface area contributed by atoms with Crippen LogP contribution in [-0.4, -0.2) is 24.5 Å². The number of hydrogen-bond donors (Lipinski definition) is 0. The maximum absolute atomic E-state index is 5.30. The van der Waals surface area contributed by atoms with Gasteiger partial charge in [-0.2, -0.15) is 0 Å². The molecule has 0 fully saturated rings. The monoisotopic (exact) mass is 632 g/mol. The Morgan fingerprint density at radius 2 is 1.07 bits per heavy atom. The zero-order chi connectivity index (χ0) is 28.5. The van der Waals surface area contributed by atoms with Crippen LogP contribution in [-0.2, 0) is 0 Å². The number of pyridine rings is 1. The normalized spacial score (nSPS) is 12.3. The SMILES string of the molecule is [Se]=P(c1ccccc1)(c1ccccc1)c1cc2c3cc4ccccc4cc3n3c4ccccc4nc3c2c2ccccc12. The van der Waals surface area contributed by atoms with E-state index >= 15 is 0 Å². The molecule has 43 heavy (non-hydrogen) atoms. The number of nitrogens with zero attached hydrogens (tertiary/aromatic N) is 2. The third-order valence-electron chi connectivity index (χ3n) is 8.78. The molecule has 2 heterocycles. The minimum atomic E-state index is -2.14. The second-order valence-electron chi connectivity index (χ2n) is 11.1. The Balaban J connectivity index is 1.56. The summed E-state index contributed by atoms with van der Waals surface area (Å²) in [4.78, 5) is 5.30. The number of rotatable bonds is 3. The van der Waals surface area contributed by atoms with E-state index in [0.717, 1.165) is 16.7 Å². The topological polar surface area (TPSA) is 17.3 Å². The summed E-state index contributed by atoms with van der Waals surface area (Å²) >= 11 is 3.82. The Kier molecular flexibility index (Phi) is 5.52. The number of fused-ring (bicyclic) bond motifs is 11. The van der Waals surface area contributed by atoms with Crippen LogP contribution >= 0.6 is 5.51 Å². The molecular weight excluding hydrogens is 606 g/mol. The molecule has 0 unspecified atom stereocenters. The van der Waals surface area contributed by atoms with E-state index in [2.05, 4.69) is 171 Å². The predicted octanol–water partition coefficient (Wildman–Crippen LogP) is 8.48. The van der Waals surface area contributed by atoms with Crippen LogP contribution < -0.4 is 15.9 Å². The van der Waals surface area contributed by atoms with Gasteiger partial charge in [0.25, 0.3) is 0 Å². The van der Waals surface area contributed by atoms with Crippen molar-refractivity contribution < 1.29 is 0 Å². The molecule has 4 heteroatoms. The molecule has 2 aromatic heterocycles. The van der Waals surface area contributed by atoms with Gasteiger partial charge in [-0.05, 0) is 0 Å². The molecule has 9 rings (SSSR count). The molecule has 0 saturated carbocycles. The number of para-hydroxylation sites is 2. The van der Waals surface area contributed by atoms with Crippen LogP contribution in [0.25, 0.3) is 59.9 Å². The third-order valence-corrected chi connectivity index (χ3v) is 15.8. The molecule has 0 aliphatic carbocycles. The van der Waals surface area contributed by atoms with Crippen LogP contribution in [0.5, 0.6) is 0 Å². The molecule has 0 spiro atoms. The molecule has 0 N–H and O–H groups in total. The summed E-state index contributed by atoms with van der Waals surface area (Å²) in [5.74, 6) is 0. The van der Waals surface area contributed by atoms with Crippen LogP contribution in [0.4, 0.5) is 0 Å². The zero-order valence-corrected chi connectivity index (χ0v) is 25.8. The molecule has 202 valence electrons. The van der Waals surface area contributed by atoms with Gasteiger partial charge in [0.05, 0.1) is 0 Å². The van der Waals surface area contributed by atoms with E-state index in [0.29, 0.717) is 0 Å². The van der Waals surface area contributed by atoms with Gasteiger partial charge in [0.1, 0.15) is 0 Å². The van der Waals surface area contributed by atoms with Crippen molar-refractivity contribution in [2.24, 2.45) is 0 Å². The fourth-order valence-electron chi connectivity index (χ4n) is 6.84. The summed E-state index contributed by atoms with van der Waals surface area (Å²) in [7, 11) is 0. The van der Waals surface area contributed by atoms with Crippen LogP contribution in [0.2, 0.25) is 0 Å². The molecule has 0 aliphatic heterocycles. The molecular formula is C39H25N2PSe. The summed E-state index contributed by atoms with van der Waals surface area (Å²) in [6, 6.07) is 55.3. The average molecular weight is 632 g/mol. The van der Waals surface area contributed by atoms with Crippen LogP contribution in [0, 0.1) is 0 Å². The summed E-state index contributed by atoms with van der Waals surface area (Å²) in [5, 5.41) is 12.7. The van der Waals surface area contributed by atoms with Gasteiger partial charge in [0, 0.05) is 0 Å². The van der Waals surface area contributed by atoms with E-state index in [1.54, 1.807) is 0 Å². The molecule has 0 aliphatic rings. The van der Waals surface area contributed by atoms with Gasteiger partial charge in [0.15, 0.2) is 0 Å². The Morgan fingerprint density at radius 1 is 0.488 bits per heavy atom. The van der Waals surface area contributed by atoms with E-state index in [1.165, 1.54) is 59.1 Å². The number of aromatic nitrogens is 2. The fourth-order valence-corrected chi connectivity index (χ4v) is 12.2. The maximum atomic E-state index is 5.30. The van der Waals surface area contributed by atoms with E-state index in [-0.39, 0.29) is 0 Å². The Morgan fingerprint density at radius 3 is 1.79 bits per heavy atom. The van der Waals surface area contributed by atoms with E-state index < -0.39 is 5.51 Å². The first kappa shape index (κ1) is 25.0. The van der Waals surface area contributed by atoms with Crippen LogP contribution in [0.3, 0.4) is 0 Å². The molecule has 0 bridgehead atoms. The van der Waals surface area contributed by atoms with Gasteiger partial charge >= 0.3 is 257 Å². The Bertz CT molecular complexity index is 2540. The van der Waals surface area contributed by atoms with E-state index in [1.807, 2.05) is 0 Å². The summed E-state index contributed by atoms with van der Waals surface area (Å²) in [6.07, 6.45) is 0. The number of benzene rings is 7. The Hall–Kier alpha value is -4.52. The number of hydrogen-bond acceptors (Lipinski definition) is 1. The molecule has 9 aromatic rings. The predicted molar refractivity (Wildman–Crippen MR) is 187 cm³/mol. The second kappa shape index (κ2) is 9.49. The molecule has 2 nitrogen and oxygen atoms in total. The van der Waals surface area contributed by atoms with Crippen LogP contribution in [0.1, 0.15) is 0 Å². The van der Waals surface area contributed by atoms with Crippen molar-refractivity contribution in [2.75, 3.05) is 0 Å². The van der Waals surface area contributed by atoms with Crippen molar-refractivity contribution in [2.45, 2.75) is 0 Å². The molecule has 7 aromatic carbocycles. The minimum absolute atomic E-state index is 1.00. The first-order valence-corrected chi connectivity index (χ1v) is 18.5. The van der Waals surface area contributed by atoms with Gasteiger partial charge in [-0.25, -0.2) is 0 Å². The van der Waals surface area contributed by atoms with Crippen molar-refractivity contribution in [1.82, 2.24) is 9.38 Å². The molecule has 0 radical (unpaired) electrons. The first-order chi connectivity index (χ1) is 21.2. The number of imidazole rings is 1. The van der Waals surface area contributed by atoms with Gasteiger partial charge in [-0.3, -0.25) is 0 Å². The van der Waals surface area contributed by atoms with Crippen molar-refractivity contribution in [3.8, 4) is 0 Å². The van der Waals surface area contributed by atoms with Gasteiger partial charge in [0.2, 0.25) is 0 Å². The zero-order valence-electron chi connectivity index (χ0n) is 23.2. The summed E-state index contributed by atoms with van der Waals surface area (Å²) in [5.41, 5.74) is 2.18. The van der Waals surface area contributed by atoms with E-state index in [4.69, 9.17) is 4.98 Å². The second-order valence-corrected chi connectivity index (χ2v) is 17.3. The van der Waals surface area contributed by atoms with Crippen molar-refractivity contribution in [1.29, 1.82) is 0 Å². The molecule has 0 saturated heterocycles. The summed E-state index contributed by atoms with van der Waals surface area (Å²) in [6.45, 7) is 0. The van der Waals surface area contributed by atoms with Gasteiger partial charge in [-0.1, -0.05) is 0 Å². The van der Waals surface area contributed by atoms with Crippen molar-refractivity contribution >= 4 is 96.4 Å². The Labute approximate surface area is 256 Å². The average Bonchev–Trinajstić information content (AvgIpc) is 3.47. The van der Waals surface area contributed by atoms with Crippen molar-refractivity contribution in [3.05, 3.63) is 152 Å². The summed E-state index contributed by atoms with van der Waals surface area (Å²) < 4.78 is 2.38. The van der Waals surface area contributed by atoms with Crippen molar-refractivity contribution in [3.63, 3.8) is 0 Å².